The summed E-state index contributed by atoms with van der Waals surface area (Å²) in [6.45, 7) is 0. The summed E-state index contributed by atoms with van der Waals surface area (Å²) in [4.78, 5) is 22.0. The Kier molecular flexibility index (Phi) is 5.26. The lowest BCUT2D eigenvalue weighted by molar-refractivity contribution is -0.113. The first kappa shape index (κ1) is 18.8. The number of hydrogen-bond donors (Lipinski definition) is 1. The van der Waals surface area contributed by atoms with E-state index in [0.29, 0.717) is 0 Å². The van der Waals surface area contributed by atoms with Crippen LogP contribution in [-0.2, 0) is 4.79 Å². The lowest BCUT2D eigenvalue weighted by Gasteiger charge is -2.14. The van der Waals surface area contributed by atoms with Crippen LogP contribution < -0.4 is 5.32 Å². The van der Waals surface area contributed by atoms with Crippen LogP contribution in [0.5, 0.6) is 0 Å². The number of hydrogen-bond acceptors (Lipinski definition) is 4. The Morgan fingerprint density at radius 3 is 2.54 bits per heavy atom. The molecule has 4 rings (SSSR count). The summed E-state index contributed by atoms with van der Waals surface area (Å²) in [5.74, 6) is -1.79. The number of rotatable bonds is 4. The highest BCUT2D eigenvalue weighted by Crippen LogP contribution is 2.40. The van der Waals surface area contributed by atoms with Crippen molar-refractivity contribution in [1.29, 1.82) is 0 Å². The minimum atomic E-state index is -0.798. The molecule has 144 valence electrons. The minimum Gasteiger partial charge on any atom is -0.323 e. The molecule has 1 aliphatic heterocycles. The fourth-order valence-corrected chi connectivity index (χ4v) is 4.36. The fourth-order valence-electron chi connectivity index (χ4n) is 3.48. The van der Waals surface area contributed by atoms with Crippen LogP contribution in [0.3, 0.4) is 0 Å². The second kappa shape index (κ2) is 7.83. The average molecular weight is 399 g/mol. The molecule has 1 amide bonds. The van der Waals surface area contributed by atoms with Gasteiger partial charge in [0.05, 0.1) is 17.2 Å². The van der Waals surface area contributed by atoms with Crippen molar-refractivity contribution in [1.82, 2.24) is 0 Å². The van der Waals surface area contributed by atoms with Crippen molar-refractivity contribution in [3.8, 4) is 0 Å². The number of amides is 1. The summed E-state index contributed by atoms with van der Waals surface area (Å²) in [6.07, 6.45) is 4.02. The lowest BCUT2D eigenvalue weighted by Crippen LogP contribution is -2.18. The Balaban J connectivity index is 1.48. The molecule has 28 heavy (non-hydrogen) atoms. The number of nitrogens with zero attached hydrogens (tertiary/aromatic N) is 2. The van der Waals surface area contributed by atoms with Gasteiger partial charge in [-0.3, -0.25) is 9.79 Å². The smallest absolute Gasteiger partial charge is 0.234 e. The van der Waals surface area contributed by atoms with E-state index in [0.717, 1.165) is 54.1 Å². The number of thioether (sulfide) groups is 1. The van der Waals surface area contributed by atoms with Gasteiger partial charge >= 0.3 is 0 Å². The summed E-state index contributed by atoms with van der Waals surface area (Å²) in [7, 11) is 0. The lowest BCUT2D eigenvalue weighted by atomic mass is 10.1. The second-order valence-corrected chi connectivity index (χ2v) is 7.86. The van der Waals surface area contributed by atoms with Crippen LogP contribution >= 0.6 is 11.8 Å². The highest BCUT2D eigenvalue weighted by atomic mass is 32.2. The Hall–Kier alpha value is -2.54. The van der Waals surface area contributed by atoms with Gasteiger partial charge in [-0.2, -0.15) is 0 Å². The molecule has 0 saturated heterocycles. The van der Waals surface area contributed by atoms with Gasteiger partial charge in [0.2, 0.25) is 5.91 Å². The molecule has 1 fully saturated rings. The maximum absolute atomic E-state index is 13.7. The maximum atomic E-state index is 13.7. The third-order valence-electron chi connectivity index (χ3n) is 4.83. The number of carbonyl (C=O) groups is 1. The van der Waals surface area contributed by atoms with Gasteiger partial charge < -0.3 is 5.32 Å². The van der Waals surface area contributed by atoms with Gasteiger partial charge in [0.25, 0.3) is 0 Å². The number of halogens is 2. The molecule has 1 N–H and O–H groups in total. The van der Waals surface area contributed by atoms with E-state index < -0.39 is 17.3 Å². The zero-order valence-electron chi connectivity index (χ0n) is 15.1. The molecule has 1 aliphatic carbocycles. The molecule has 0 unspecified atom stereocenters. The predicted molar refractivity (Wildman–Crippen MR) is 109 cm³/mol. The standard InChI is InChI=1S/C21H19F2N3OS/c22-15-8-9-17(16(23)12-15)24-18(27)13-28-20-19(14-6-2-1-3-7-14)25-21(26-20)10-4-5-11-21/h1-3,6-9,12H,4-5,10-11,13H2,(H,24,27). The topological polar surface area (TPSA) is 53.8 Å². The summed E-state index contributed by atoms with van der Waals surface area (Å²) in [5, 5.41) is 3.22. The van der Waals surface area contributed by atoms with Crippen LogP contribution in [0.2, 0.25) is 0 Å². The van der Waals surface area contributed by atoms with Crippen molar-refractivity contribution in [3.05, 3.63) is 65.7 Å². The first-order valence-electron chi connectivity index (χ1n) is 9.18. The molecule has 0 atom stereocenters. The molecule has 0 radical (unpaired) electrons. The predicted octanol–water partition coefficient (Wildman–Crippen LogP) is 4.81. The monoisotopic (exact) mass is 399 g/mol. The van der Waals surface area contributed by atoms with Crippen LogP contribution in [-0.4, -0.2) is 28.1 Å². The van der Waals surface area contributed by atoms with Gasteiger partial charge in [0.1, 0.15) is 16.7 Å². The number of anilines is 1. The van der Waals surface area contributed by atoms with Crippen molar-refractivity contribution in [2.24, 2.45) is 9.98 Å². The molecule has 7 heteroatoms. The first-order chi connectivity index (χ1) is 13.5. The summed E-state index contributed by atoms with van der Waals surface area (Å²) in [6, 6.07) is 12.9. The van der Waals surface area contributed by atoms with E-state index in [1.54, 1.807) is 0 Å². The molecule has 1 heterocycles. The van der Waals surface area contributed by atoms with Crippen molar-refractivity contribution in [2.45, 2.75) is 31.3 Å². The fraction of sp³-hybridized carbons (Fsp3) is 0.286. The molecule has 2 aromatic rings. The molecule has 0 aromatic heterocycles. The summed E-state index contributed by atoms with van der Waals surface area (Å²) < 4.78 is 26.7. The molecule has 4 nitrogen and oxygen atoms in total. The Morgan fingerprint density at radius 2 is 1.82 bits per heavy atom. The second-order valence-electron chi connectivity index (χ2n) is 6.89. The van der Waals surface area contributed by atoms with Gasteiger partial charge in [0, 0.05) is 11.6 Å². The van der Waals surface area contributed by atoms with Crippen LogP contribution in [0, 0.1) is 11.6 Å². The van der Waals surface area contributed by atoms with E-state index in [1.165, 1.54) is 17.8 Å². The number of carbonyl (C=O) groups excluding carboxylic acids is 1. The van der Waals surface area contributed by atoms with Crippen molar-refractivity contribution < 1.29 is 13.6 Å². The molecule has 1 spiro atoms. The van der Waals surface area contributed by atoms with E-state index in [4.69, 9.17) is 9.98 Å². The third kappa shape index (κ3) is 3.99. The van der Waals surface area contributed by atoms with Crippen LogP contribution in [0.1, 0.15) is 31.2 Å². The highest BCUT2D eigenvalue weighted by molar-refractivity contribution is 8.16. The van der Waals surface area contributed by atoms with Gasteiger partial charge in [0.15, 0.2) is 5.66 Å². The number of aliphatic imine (C=N–C) groups is 2. The van der Waals surface area contributed by atoms with E-state index in [-0.39, 0.29) is 17.3 Å². The zero-order chi connectivity index (χ0) is 19.6. The average Bonchev–Trinajstić information content (AvgIpc) is 3.30. The van der Waals surface area contributed by atoms with E-state index >= 15 is 0 Å². The van der Waals surface area contributed by atoms with E-state index in [1.807, 2.05) is 30.3 Å². The number of nitrogens with one attached hydrogen (secondary N) is 1. The van der Waals surface area contributed by atoms with Crippen LogP contribution in [0.4, 0.5) is 14.5 Å². The molecule has 2 aliphatic rings. The number of benzene rings is 2. The molecular weight excluding hydrogens is 380 g/mol. The molecule has 0 bridgehead atoms. The van der Waals surface area contributed by atoms with Gasteiger partial charge in [-0.15, -0.1) is 0 Å². The maximum Gasteiger partial charge on any atom is 0.234 e. The van der Waals surface area contributed by atoms with E-state index in [2.05, 4.69) is 5.32 Å². The Morgan fingerprint density at radius 1 is 1.07 bits per heavy atom. The normalized spacial score (nSPS) is 17.5. The first-order valence-corrected chi connectivity index (χ1v) is 10.2. The zero-order valence-corrected chi connectivity index (χ0v) is 15.9. The molecule has 2 aromatic carbocycles. The summed E-state index contributed by atoms with van der Waals surface area (Å²) in [5.41, 5.74) is 1.35. The van der Waals surface area contributed by atoms with Gasteiger partial charge in [-0.05, 0) is 37.8 Å². The Labute approximate surface area is 166 Å². The Bertz CT molecular complexity index is 953. The highest BCUT2D eigenvalue weighted by Gasteiger charge is 2.39. The largest absolute Gasteiger partial charge is 0.323 e. The van der Waals surface area contributed by atoms with E-state index in [9.17, 15) is 13.6 Å². The third-order valence-corrected chi connectivity index (χ3v) is 5.79. The van der Waals surface area contributed by atoms with Crippen molar-refractivity contribution in [2.75, 3.05) is 11.1 Å². The van der Waals surface area contributed by atoms with Crippen molar-refractivity contribution in [3.63, 3.8) is 0 Å². The summed E-state index contributed by atoms with van der Waals surface area (Å²) >= 11 is 1.29. The van der Waals surface area contributed by atoms with Gasteiger partial charge in [-0.25, -0.2) is 13.8 Å². The van der Waals surface area contributed by atoms with Crippen LogP contribution in [0.15, 0.2) is 58.5 Å². The van der Waals surface area contributed by atoms with Gasteiger partial charge in [-0.1, -0.05) is 42.1 Å². The van der Waals surface area contributed by atoms with Crippen molar-refractivity contribution >= 4 is 34.1 Å². The molecular formula is C21H19F2N3OS. The van der Waals surface area contributed by atoms with Crippen LogP contribution in [0.25, 0.3) is 0 Å². The minimum absolute atomic E-state index is 0.0374. The quantitative estimate of drug-likeness (QED) is 0.802. The molecule has 1 saturated carbocycles. The SMILES string of the molecule is O=C(CSC1=NC2(CCCC2)N=C1c1ccccc1)Nc1ccc(F)cc1F.